The molecule has 0 bridgehead atoms. The van der Waals surface area contributed by atoms with E-state index >= 15 is 0 Å². The number of rotatable bonds is 4. The largest absolute Gasteiger partial charge is 0.481 e. The topological polar surface area (TPSA) is 95.1 Å². The first-order valence-corrected chi connectivity index (χ1v) is 5.96. The Bertz CT molecular complexity index is 620. The molecule has 6 heteroatoms. The first kappa shape index (κ1) is 13.1. The van der Waals surface area contributed by atoms with Crippen LogP contribution in [0.25, 0.3) is 11.0 Å². The van der Waals surface area contributed by atoms with Gasteiger partial charge in [0.1, 0.15) is 0 Å². The SMILES string of the molecule is CC(NC(=O)c1ccc2nc[nH]c2c1)C(C)C(=O)O. The fourth-order valence-electron chi connectivity index (χ4n) is 1.71. The van der Waals surface area contributed by atoms with Crippen LogP contribution in [0.2, 0.25) is 0 Å². The van der Waals surface area contributed by atoms with Gasteiger partial charge in [-0.1, -0.05) is 0 Å². The Labute approximate surface area is 109 Å². The summed E-state index contributed by atoms with van der Waals surface area (Å²) in [7, 11) is 0. The zero-order valence-corrected chi connectivity index (χ0v) is 10.7. The lowest BCUT2D eigenvalue weighted by molar-refractivity contribution is -0.141. The predicted octanol–water partition coefficient (Wildman–Crippen LogP) is 1.40. The molecular formula is C13H15N3O3. The van der Waals surface area contributed by atoms with E-state index in [1.807, 2.05) is 0 Å². The summed E-state index contributed by atoms with van der Waals surface area (Å²) in [5.41, 5.74) is 2.02. The van der Waals surface area contributed by atoms with Gasteiger partial charge in [-0.25, -0.2) is 4.98 Å². The second-order valence-electron chi connectivity index (χ2n) is 4.52. The van der Waals surface area contributed by atoms with Crippen LogP contribution in [0.15, 0.2) is 24.5 Å². The van der Waals surface area contributed by atoms with Crippen LogP contribution in [0.4, 0.5) is 0 Å². The highest BCUT2D eigenvalue weighted by atomic mass is 16.4. The first-order chi connectivity index (χ1) is 8.99. The summed E-state index contributed by atoms with van der Waals surface area (Å²) >= 11 is 0. The molecule has 2 unspecified atom stereocenters. The van der Waals surface area contributed by atoms with Gasteiger partial charge in [-0.15, -0.1) is 0 Å². The maximum Gasteiger partial charge on any atom is 0.308 e. The molecule has 3 N–H and O–H groups in total. The molecule has 0 saturated carbocycles. The number of amides is 1. The summed E-state index contributed by atoms with van der Waals surface area (Å²) in [6, 6.07) is 4.65. The normalized spacial score (nSPS) is 14.0. The lowest BCUT2D eigenvalue weighted by atomic mass is 10.0. The van der Waals surface area contributed by atoms with E-state index in [9.17, 15) is 9.59 Å². The van der Waals surface area contributed by atoms with Gasteiger partial charge in [0.15, 0.2) is 0 Å². The zero-order chi connectivity index (χ0) is 14.0. The van der Waals surface area contributed by atoms with Crippen molar-refractivity contribution in [2.45, 2.75) is 19.9 Å². The van der Waals surface area contributed by atoms with Crippen molar-refractivity contribution in [2.24, 2.45) is 5.92 Å². The first-order valence-electron chi connectivity index (χ1n) is 5.96. The number of nitrogens with zero attached hydrogens (tertiary/aromatic N) is 1. The molecule has 1 amide bonds. The van der Waals surface area contributed by atoms with E-state index in [-0.39, 0.29) is 5.91 Å². The minimum atomic E-state index is -0.933. The zero-order valence-electron chi connectivity index (χ0n) is 10.7. The summed E-state index contributed by atoms with van der Waals surface area (Å²) in [4.78, 5) is 29.8. The molecule has 2 rings (SSSR count). The van der Waals surface area contributed by atoms with Crippen molar-refractivity contribution in [1.82, 2.24) is 15.3 Å². The standard InChI is InChI=1S/C13H15N3O3/c1-7(13(18)19)8(2)16-12(17)9-3-4-10-11(5-9)15-6-14-10/h3-8H,1-2H3,(H,14,15)(H,16,17)(H,18,19). The third kappa shape index (κ3) is 2.73. The van der Waals surface area contributed by atoms with Crippen molar-refractivity contribution in [3.8, 4) is 0 Å². The molecule has 0 radical (unpaired) electrons. The number of imidazole rings is 1. The number of hydrogen-bond acceptors (Lipinski definition) is 3. The molecule has 1 aromatic heterocycles. The van der Waals surface area contributed by atoms with Crippen LogP contribution >= 0.6 is 0 Å². The van der Waals surface area contributed by atoms with Crippen LogP contribution in [0.3, 0.4) is 0 Å². The number of aromatic amines is 1. The molecule has 0 aliphatic carbocycles. The van der Waals surface area contributed by atoms with Gasteiger partial charge in [-0.2, -0.15) is 0 Å². The van der Waals surface area contributed by atoms with Crippen LogP contribution in [-0.4, -0.2) is 33.0 Å². The summed E-state index contributed by atoms with van der Waals surface area (Å²) in [6.45, 7) is 3.23. The van der Waals surface area contributed by atoms with Crippen molar-refractivity contribution in [3.63, 3.8) is 0 Å². The molecule has 1 aromatic carbocycles. The number of carbonyl (C=O) groups excluding carboxylic acids is 1. The van der Waals surface area contributed by atoms with E-state index in [1.54, 1.807) is 38.4 Å². The molecule has 0 aliphatic heterocycles. The smallest absolute Gasteiger partial charge is 0.308 e. The van der Waals surface area contributed by atoms with Crippen LogP contribution < -0.4 is 5.32 Å². The monoisotopic (exact) mass is 261 g/mol. The third-order valence-corrected chi connectivity index (χ3v) is 3.18. The Balaban J connectivity index is 2.13. The number of carboxylic acid groups (broad SMARTS) is 1. The fraction of sp³-hybridized carbons (Fsp3) is 0.308. The number of fused-ring (bicyclic) bond motifs is 1. The van der Waals surface area contributed by atoms with Crippen molar-refractivity contribution in [3.05, 3.63) is 30.1 Å². The average Bonchev–Trinajstić information content (AvgIpc) is 2.84. The Morgan fingerprint density at radius 1 is 1.37 bits per heavy atom. The minimum Gasteiger partial charge on any atom is -0.481 e. The van der Waals surface area contributed by atoms with Gasteiger partial charge in [0.05, 0.1) is 23.3 Å². The van der Waals surface area contributed by atoms with E-state index in [1.165, 1.54) is 0 Å². The lowest BCUT2D eigenvalue weighted by Crippen LogP contribution is -2.40. The molecular weight excluding hydrogens is 246 g/mol. The molecule has 100 valence electrons. The Kier molecular flexibility index (Phi) is 3.50. The molecule has 1 heterocycles. The quantitative estimate of drug-likeness (QED) is 0.775. The van der Waals surface area contributed by atoms with Gasteiger partial charge in [0.2, 0.25) is 0 Å². The fourth-order valence-corrected chi connectivity index (χ4v) is 1.71. The number of carboxylic acids is 1. The molecule has 19 heavy (non-hydrogen) atoms. The highest BCUT2D eigenvalue weighted by molar-refractivity contribution is 5.97. The van der Waals surface area contributed by atoms with E-state index in [0.29, 0.717) is 5.56 Å². The lowest BCUT2D eigenvalue weighted by Gasteiger charge is -2.17. The second-order valence-corrected chi connectivity index (χ2v) is 4.52. The second kappa shape index (κ2) is 5.09. The summed E-state index contributed by atoms with van der Waals surface area (Å²) in [6.07, 6.45) is 1.56. The Morgan fingerprint density at radius 2 is 2.11 bits per heavy atom. The number of carbonyl (C=O) groups is 2. The minimum absolute atomic E-state index is 0.294. The van der Waals surface area contributed by atoms with Gasteiger partial charge < -0.3 is 15.4 Å². The van der Waals surface area contributed by atoms with Crippen LogP contribution in [0.1, 0.15) is 24.2 Å². The third-order valence-electron chi connectivity index (χ3n) is 3.18. The maximum atomic E-state index is 12.0. The molecule has 0 aliphatic rings. The van der Waals surface area contributed by atoms with Gasteiger partial charge in [0, 0.05) is 11.6 Å². The van der Waals surface area contributed by atoms with Crippen LogP contribution in [0, 0.1) is 5.92 Å². The van der Waals surface area contributed by atoms with Gasteiger partial charge in [-0.05, 0) is 32.0 Å². The number of H-pyrrole nitrogens is 1. The molecule has 0 saturated heterocycles. The van der Waals surface area contributed by atoms with Crippen molar-refractivity contribution in [1.29, 1.82) is 0 Å². The van der Waals surface area contributed by atoms with E-state index in [0.717, 1.165) is 11.0 Å². The average molecular weight is 261 g/mol. The number of aromatic nitrogens is 2. The van der Waals surface area contributed by atoms with E-state index < -0.39 is 17.9 Å². The maximum absolute atomic E-state index is 12.0. The number of nitrogens with one attached hydrogen (secondary N) is 2. The Hall–Kier alpha value is -2.37. The molecule has 2 atom stereocenters. The summed E-state index contributed by atoms with van der Waals surface area (Å²) in [5.74, 6) is -1.87. The summed E-state index contributed by atoms with van der Waals surface area (Å²) in [5, 5.41) is 11.6. The highest BCUT2D eigenvalue weighted by Gasteiger charge is 2.21. The molecule has 0 spiro atoms. The van der Waals surface area contributed by atoms with Crippen molar-refractivity contribution in [2.75, 3.05) is 0 Å². The number of hydrogen-bond donors (Lipinski definition) is 3. The highest BCUT2D eigenvalue weighted by Crippen LogP contribution is 2.12. The van der Waals surface area contributed by atoms with Gasteiger partial charge >= 0.3 is 5.97 Å². The number of benzene rings is 1. The molecule has 6 nitrogen and oxygen atoms in total. The predicted molar refractivity (Wildman–Crippen MR) is 69.8 cm³/mol. The summed E-state index contributed by atoms with van der Waals surface area (Å²) < 4.78 is 0. The van der Waals surface area contributed by atoms with Gasteiger partial charge in [0.25, 0.3) is 5.91 Å². The molecule has 2 aromatic rings. The van der Waals surface area contributed by atoms with Crippen molar-refractivity contribution >= 4 is 22.9 Å². The van der Waals surface area contributed by atoms with Gasteiger partial charge in [-0.3, -0.25) is 9.59 Å². The van der Waals surface area contributed by atoms with E-state index in [4.69, 9.17) is 5.11 Å². The van der Waals surface area contributed by atoms with Crippen LogP contribution in [0.5, 0.6) is 0 Å². The Morgan fingerprint density at radius 3 is 2.79 bits per heavy atom. The number of aliphatic carboxylic acids is 1. The van der Waals surface area contributed by atoms with Crippen LogP contribution in [-0.2, 0) is 4.79 Å². The van der Waals surface area contributed by atoms with E-state index in [2.05, 4.69) is 15.3 Å². The van der Waals surface area contributed by atoms with Crippen molar-refractivity contribution < 1.29 is 14.7 Å². The molecule has 0 fully saturated rings.